The van der Waals surface area contributed by atoms with Gasteiger partial charge >= 0.3 is 6.03 Å². The van der Waals surface area contributed by atoms with E-state index < -0.39 is 29.8 Å². The molecular formula is C14H18N2O4. The maximum absolute atomic E-state index is 12.4. The van der Waals surface area contributed by atoms with Crippen molar-refractivity contribution >= 4 is 17.8 Å². The standard InChI is InChI=1S/C14H18N2O4/c1-7(2)11-12(17)15-14(19)16(13(11)18)9(4)10-6-5-8(3)20-10/h5-7,9,11H,1-4H3,(H,15,17,19). The Morgan fingerprint density at radius 3 is 2.35 bits per heavy atom. The third-order valence-electron chi connectivity index (χ3n) is 3.46. The maximum Gasteiger partial charge on any atom is 0.331 e. The number of amides is 4. The van der Waals surface area contributed by atoms with Crippen LogP contribution in [-0.2, 0) is 9.59 Å². The monoisotopic (exact) mass is 278 g/mol. The number of rotatable bonds is 3. The largest absolute Gasteiger partial charge is 0.464 e. The first kappa shape index (κ1) is 14.3. The summed E-state index contributed by atoms with van der Waals surface area (Å²) in [6, 6.07) is 2.24. The van der Waals surface area contributed by atoms with E-state index in [9.17, 15) is 14.4 Å². The fourth-order valence-electron chi connectivity index (χ4n) is 2.37. The lowest BCUT2D eigenvalue weighted by Gasteiger charge is -2.34. The molecular weight excluding hydrogens is 260 g/mol. The number of aryl methyl sites for hydroxylation is 1. The molecule has 1 aliphatic rings. The summed E-state index contributed by atoms with van der Waals surface area (Å²) >= 11 is 0. The van der Waals surface area contributed by atoms with Crippen LogP contribution in [-0.4, -0.2) is 22.7 Å². The highest BCUT2D eigenvalue weighted by atomic mass is 16.3. The molecule has 0 saturated carbocycles. The van der Waals surface area contributed by atoms with Gasteiger partial charge in [0.25, 0.3) is 0 Å². The number of hydrogen-bond donors (Lipinski definition) is 1. The van der Waals surface area contributed by atoms with Crippen LogP contribution in [0, 0.1) is 18.8 Å². The zero-order chi connectivity index (χ0) is 15.0. The van der Waals surface area contributed by atoms with Crippen LogP contribution in [0.1, 0.15) is 38.3 Å². The molecule has 1 aliphatic heterocycles. The van der Waals surface area contributed by atoms with Crippen LogP contribution in [0.15, 0.2) is 16.5 Å². The van der Waals surface area contributed by atoms with Crippen molar-refractivity contribution < 1.29 is 18.8 Å². The number of carbonyl (C=O) groups is 3. The van der Waals surface area contributed by atoms with Gasteiger partial charge in [0.2, 0.25) is 11.8 Å². The van der Waals surface area contributed by atoms with E-state index >= 15 is 0 Å². The minimum atomic E-state index is -0.841. The number of furan rings is 1. The molecule has 1 aromatic rings. The summed E-state index contributed by atoms with van der Waals surface area (Å²) < 4.78 is 5.46. The van der Waals surface area contributed by atoms with Crippen molar-refractivity contribution in [3.05, 3.63) is 23.7 Å². The molecule has 6 nitrogen and oxygen atoms in total. The molecule has 2 heterocycles. The molecule has 0 bridgehead atoms. The van der Waals surface area contributed by atoms with Crippen molar-refractivity contribution in [1.82, 2.24) is 10.2 Å². The van der Waals surface area contributed by atoms with Gasteiger partial charge in [-0.1, -0.05) is 13.8 Å². The minimum Gasteiger partial charge on any atom is -0.464 e. The Labute approximate surface area is 117 Å². The van der Waals surface area contributed by atoms with Gasteiger partial charge in [0.15, 0.2) is 0 Å². The molecule has 0 radical (unpaired) electrons. The first-order valence-electron chi connectivity index (χ1n) is 6.57. The van der Waals surface area contributed by atoms with E-state index in [2.05, 4.69) is 5.32 Å². The van der Waals surface area contributed by atoms with Crippen LogP contribution in [0.2, 0.25) is 0 Å². The molecule has 0 aliphatic carbocycles. The van der Waals surface area contributed by atoms with Crippen LogP contribution in [0.5, 0.6) is 0 Å². The molecule has 0 aromatic carbocycles. The molecule has 1 aromatic heterocycles. The lowest BCUT2D eigenvalue weighted by atomic mass is 9.91. The second kappa shape index (κ2) is 5.11. The Hall–Kier alpha value is -2.11. The zero-order valence-corrected chi connectivity index (χ0v) is 12.0. The summed E-state index contributed by atoms with van der Waals surface area (Å²) in [5.41, 5.74) is 0. The number of nitrogens with zero attached hydrogens (tertiary/aromatic N) is 1. The predicted molar refractivity (Wildman–Crippen MR) is 70.6 cm³/mol. The summed E-state index contributed by atoms with van der Waals surface area (Å²) in [6.07, 6.45) is 0. The van der Waals surface area contributed by atoms with Crippen LogP contribution in [0.25, 0.3) is 0 Å². The smallest absolute Gasteiger partial charge is 0.331 e. The topological polar surface area (TPSA) is 79.6 Å². The first-order chi connectivity index (χ1) is 9.32. The number of nitrogens with one attached hydrogen (secondary N) is 1. The van der Waals surface area contributed by atoms with Gasteiger partial charge in [-0.3, -0.25) is 19.8 Å². The Bertz CT molecular complexity index is 561. The van der Waals surface area contributed by atoms with E-state index in [1.54, 1.807) is 39.8 Å². The molecule has 6 heteroatoms. The highest BCUT2D eigenvalue weighted by Gasteiger charge is 2.44. The van der Waals surface area contributed by atoms with Gasteiger partial charge in [-0.2, -0.15) is 0 Å². The van der Waals surface area contributed by atoms with E-state index in [0.717, 1.165) is 4.90 Å². The maximum atomic E-state index is 12.4. The second-order valence-corrected chi connectivity index (χ2v) is 5.35. The Kier molecular flexibility index (Phi) is 3.65. The highest BCUT2D eigenvalue weighted by molar-refractivity contribution is 6.16. The van der Waals surface area contributed by atoms with Crippen molar-refractivity contribution in [3.8, 4) is 0 Å². The molecule has 1 fully saturated rings. The number of imide groups is 2. The summed E-state index contributed by atoms with van der Waals surface area (Å²) in [5, 5.41) is 2.23. The molecule has 0 spiro atoms. The van der Waals surface area contributed by atoms with Gasteiger partial charge in [0.05, 0.1) is 6.04 Å². The van der Waals surface area contributed by atoms with Gasteiger partial charge in [0, 0.05) is 0 Å². The van der Waals surface area contributed by atoms with Gasteiger partial charge in [-0.05, 0) is 31.9 Å². The average Bonchev–Trinajstić information content (AvgIpc) is 2.74. The molecule has 4 amide bonds. The summed E-state index contributed by atoms with van der Waals surface area (Å²) in [4.78, 5) is 37.2. The summed E-state index contributed by atoms with van der Waals surface area (Å²) in [7, 11) is 0. The van der Waals surface area contributed by atoms with Crippen LogP contribution >= 0.6 is 0 Å². The number of barbiturate groups is 1. The minimum absolute atomic E-state index is 0.177. The fraction of sp³-hybridized carbons (Fsp3) is 0.500. The van der Waals surface area contributed by atoms with Gasteiger partial charge in [0.1, 0.15) is 17.4 Å². The molecule has 1 saturated heterocycles. The van der Waals surface area contributed by atoms with E-state index in [4.69, 9.17) is 4.42 Å². The van der Waals surface area contributed by atoms with Crippen molar-refractivity contribution in [2.75, 3.05) is 0 Å². The summed E-state index contributed by atoms with van der Waals surface area (Å²) in [5.74, 6) is -0.810. The van der Waals surface area contributed by atoms with Crippen molar-refractivity contribution in [2.24, 2.45) is 11.8 Å². The lowest BCUT2D eigenvalue weighted by molar-refractivity contribution is -0.146. The number of hydrogen-bond acceptors (Lipinski definition) is 4. The molecule has 20 heavy (non-hydrogen) atoms. The highest BCUT2D eigenvalue weighted by Crippen LogP contribution is 2.28. The van der Waals surface area contributed by atoms with Crippen LogP contribution < -0.4 is 5.32 Å². The van der Waals surface area contributed by atoms with Crippen molar-refractivity contribution in [3.63, 3.8) is 0 Å². The second-order valence-electron chi connectivity index (χ2n) is 5.35. The SMILES string of the molecule is Cc1ccc(C(C)N2C(=O)NC(=O)C(C(C)C)C2=O)o1. The fourth-order valence-corrected chi connectivity index (χ4v) is 2.37. The van der Waals surface area contributed by atoms with Crippen molar-refractivity contribution in [2.45, 2.75) is 33.7 Å². The molecule has 2 rings (SSSR count). The van der Waals surface area contributed by atoms with Crippen LogP contribution in [0.4, 0.5) is 4.79 Å². The van der Waals surface area contributed by atoms with E-state index in [1.165, 1.54) is 0 Å². The van der Waals surface area contributed by atoms with Gasteiger partial charge < -0.3 is 4.42 Å². The summed E-state index contributed by atoms with van der Waals surface area (Å²) in [6.45, 7) is 7.04. The average molecular weight is 278 g/mol. The molecule has 1 N–H and O–H groups in total. The van der Waals surface area contributed by atoms with E-state index in [1.807, 2.05) is 0 Å². The van der Waals surface area contributed by atoms with E-state index in [-0.39, 0.29) is 5.92 Å². The molecule has 2 atom stereocenters. The number of urea groups is 1. The Balaban J connectivity index is 2.32. The molecule has 108 valence electrons. The Morgan fingerprint density at radius 1 is 1.20 bits per heavy atom. The van der Waals surface area contributed by atoms with Crippen molar-refractivity contribution in [1.29, 1.82) is 0 Å². The predicted octanol–water partition coefficient (Wildman–Crippen LogP) is 2.00. The Morgan fingerprint density at radius 2 is 1.85 bits per heavy atom. The van der Waals surface area contributed by atoms with Crippen LogP contribution in [0.3, 0.4) is 0 Å². The van der Waals surface area contributed by atoms with Gasteiger partial charge in [-0.15, -0.1) is 0 Å². The third-order valence-corrected chi connectivity index (χ3v) is 3.46. The van der Waals surface area contributed by atoms with Gasteiger partial charge in [-0.25, -0.2) is 4.79 Å². The number of carbonyl (C=O) groups excluding carboxylic acids is 3. The third kappa shape index (κ3) is 2.33. The normalized spacial score (nSPS) is 21.4. The zero-order valence-electron chi connectivity index (χ0n) is 12.0. The van der Waals surface area contributed by atoms with E-state index in [0.29, 0.717) is 11.5 Å². The first-order valence-corrected chi connectivity index (χ1v) is 6.57. The lowest BCUT2D eigenvalue weighted by Crippen LogP contribution is -2.59. The molecule has 2 unspecified atom stereocenters. The quantitative estimate of drug-likeness (QED) is 0.858.